The molecule has 0 saturated heterocycles. The molecule has 0 aromatic heterocycles. The third-order valence-corrected chi connectivity index (χ3v) is 2.76. The van der Waals surface area contributed by atoms with Crippen LogP contribution in [0.25, 0.3) is 0 Å². The zero-order valence-corrected chi connectivity index (χ0v) is 12.2. The van der Waals surface area contributed by atoms with Gasteiger partial charge in [0.1, 0.15) is 6.61 Å². The van der Waals surface area contributed by atoms with Crippen LogP contribution in [0, 0.1) is 12.3 Å². The Morgan fingerprint density at radius 3 is 1.76 bits per heavy atom. The summed E-state index contributed by atoms with van der Waals surface area (Å²) >= 11 is 0. The summed E-state index contributed by atoms with van der Waals surface area (Å²) in [5.41, 5.74) is 0. The fraction of sp³-hybridized carbons (Fsp3) is 0.833. The van der Waals surface area contributed by atoms with E-state index in [4.69, 9.17) is 25.1 Å². The van der Waals surface area contributed by atoms with Crippen molar-refractivity contribution in [1.29, 1.82) is 0 Å². The molecule has 0 aliphatic rings. The summed E-state index contributed by atoms with van der Waals surface area (Å²) in [6.45, 7) is 10.4. The van der Waals surface area contributed by atoms with Gasteiger partial charge in [0.2, 0.25) is 0 Å². The summed E-state index contributed by atoms with van der Waals surface area (Å²) in [7, 11) is -1.40. The molecule has 0 aliphatic carbocycles. The minimum Gasteiger partial charge on any atom is -0.415 e. The van der Waals surface area contributed by atoms with Gasteiger partial charge in [0.05, 0.1) is 39.6 Å². The lowest BCUT2D eigenvalue weighted by Gasteiger charge is -2.16. The normalized spacial score (nSPS) is 11.4. The average Bonchev–Trinajstić information content (AvgIpc) is 2.24. The van der Waals surface area contributed by atoms with E-state index >= 15 is 0 Å². The van der Waals surface area contributed by atoms with Crippen molar-refractivity contribution in [2.24, 2.45) is 0 Å². The van der Waals surface area contributed by atoms with Gasteiger partial charge in [0.15, 0.2) is 8.32 Å². The Balaban J connectivity index is 3.02. The highest BCUT2D eigenvalue weighted by Gasteiger charge is 2.12. The Hall–Kier alpha value is -0.383. The van der Waals surface area contributed by atoms with Crippen LogP contribution in [-0.4, -0.2) is 54.6 Å². The van der Waals surface area contributed by atoms with Crippen LogP contribution in [0.5, 0.6) is 0 Å². The van der Waals surface area contributed by atoms with E-state index in [9.17, 15) is 0 Å². The summed E-state index contributed by atoms with van der Waals surface area (Å²) in [5.74, 6) is 2.39. The molecule has 0 fully saturated rings. The molecule has 100 valence electrons. The van der Waals surface area contributed by atoms with Gasteiger partial charge < -0.3 is 18.6 Å². The van der Waals surface area contributed by atoms with E-state index in [-0.39, 0.29) is 0 Å². The first-order valence-corrected chi connectivity index (χ1v) is 9.28. The Morgan fingerprint density at radius 1 is 0.824 bits per heavy atom. The van der Waals surface area contributed by atoms with Crippen LogP contribution < -0.4 is 0 Å². The lowest BCUT2D eigenvalue weighted by molar-refractivity contribution is 0.0137. The summed E-state index contributed by atoms with van der Waals surface area (Å²) in [4.78, 5) is 0. The summed E-state index contributed by atoms with van der Waals surface area (Å²) in [6.07, 6.45) is 5.02. The van der Waals surface area contributed by atoms with Gasteiger partial charge in [-0.3, -0.25) is 0 Å². The SMILES string of the molecule is C#CCOCCOCCOCCO[Si](C)(C)C. The van der Waals surface area contributed by atoms with Gasteiger partial charge in [-0.15, -0.1) is 6.42 Å². The molecule has 0 rings (SSSR count). The van der Waals surface area contributed by atoms with Gasteiger partial charge in [-0.05, 0) is 19.6 Å². The first-order chi connectivity index (χ1) is 8.06. The third kappa shape index (κ3) is 15.6. The van der Waals surface area contributed by atoms with Gasteiger partial charge >= 0.3 is 0 Å². The number of ether oxygens (including phenoxy) is 3. The van der Waals surface area contributed by atoms with Crippen LogP contribution in [0.1, 0.15) is 0 Å². The number of hydrogen-bond acceptors (Lipinski definition) is 4. The maximum Gasteiger partial charge on any atom is 0.183 e. The van der Waals surface area contributed by atoms with E-state index in [1.165, 1.54) is 0 Å². The molecular weight excluding hydrogens is 236 g/mol. The van der Waals surface area contributed by atoms with Crippen molar-refractivity contribution in [2.75, 3.05) is 46.2 Å². The molecule has 0 aromatic rings. The maximum absolute atomic E-state index is 5.64. The molecule has 0 saturated carbocycles. The monoisotopic (exact) mass is 260 g/mol. The standard InChI is InChI=1S/C12H24O4Si/c1-5-6-13-7-8-14-9-10-15-11-12-16-17(2,3)4/h1H,6-12H2,2-4H3. The molecule has 0 atom stereocenters. The van der Waals surface area contributed by atoms with Crippen molar-refractivity contribution in [2.45, 2.75) is 19.6 Å². The first-order valence-electron chi connectivity index (χ1n) is 5.87. The summed E-state index contributed by atoms with van der Waals surface area (Å²) in [5, 5.41) is 0. The van der Waals surface area contributed by atoms with Crippen molar-refractivity contribution in [3.63, 3.8) is 0 Å². The molecule has 17 heavy (non-hydrogen) atoms. The average molecular weight is 260 g/mol. The number of rotatable bonds is 11. The first kappa shape index (κ1) is 16.6. The van der Waals surface area contributed by atoms with Crippen molar-refractivity contribution < 1.29 is 18.6 Å². The van der Waals surface area contributed by atoms with Gasteiger partial charge in [0.25, 0.3) is 0 Å². The molecular formula is C12H24O4Si. The van der Waals surface area contributed by atoms with Crippen LogP contribution in [0.4, 0.5) is 0 Å². The minimum atomic E-state index is -1.40. The van der Waals surface area contributed by atoms with Gasteiger partial charge in [-0.25, -0.2) is 0 Å². The van der Waals surface area contributed by atoms with Gasteiger partial charge in [0, 0.05) is 0 Å². The van der Waals surface area contributed by atoms with Crippen LogP contribution in [0.3, 0.4) is 0 Å². The lowest BCUT2D eigenvalue weighted by atomic mass is 10.7. The summed E-state index contributed by atoms with van der Waals surface area (Å²) < 4.78 is 21.3. The Kier molecular flexibility index (Phi) is 10.5. The van der Waals surface area contributed by atoms with E-state index < -0.39 is 8.32 Å². The fourth-order valence-corrected chi connectivity index (χ4v) is 1.67. The highest BCUT2D eigenvalue weighted by molar-refractivity contribution is 6.69. The molecule has 0 N–H and O–H groups in total. The maximum atomic E-state index is 5.64. The fourth-order valence-electron chi connectivity index (χ4n) is 0.978. The molecule has 0 aromatic carbocycles. The Morgan fingerprint density at radius 2 is 1.29 bits per heavy atom. The quantitative estimate of drug-likeness (QED) is 0.321. The predicted molar refractivity (Wildman–Crippen MR) is 70.6 cm³/mol. The predicted octanol–water partition coefficient (Wildman–Crippen LogP) is 1.52. The second kappa shape index (κ2) is 10.8. The van der Waals surface area contributed by atoms with Crippen molar-refractivity contribution in [3.8, 4) is 12.3 Å². The molecule has 0 spiro atoms. The minimum absolute atomic E-state index is 0.341. The molecule has 5 heteroatoms. The highest BCUT2D eigenvalue weighted by atomic mass is 28.4. The molecule has 0 radical (unpaired) electrons. The van der Waals surface area contributed by atoms with Gasteiger partial charge in [-0.2, -0.15) is 0 Å². The van der Waals surface area contributed by atoms with E-state index in [2.05, 4.69) is 25.6 Å². The third-order valence-electron chi connectivity index (χ3n) is 1.69. The second-order valence-electron chi connectivity index (χ2n) is 4.44. The topological polar surface area (TPSA) is 36.9 Å². The zero-order chi connectivity index (χ0) is 13.0. The lowest BCUT2D eigenvalue weighted by Crippen LogP contribution is -2.27. The molecule has 0 unspecified atom stereocenters. The van der Waals surface area contributed by atoms with E-state index in [1.807, 2.05) is 0 Å². The van der Waals surface area contributed by atoms with E-state index in [0.717, 1.165) is 0 Å². The second-order valence-corrected chi connectivity index (χ2v) is 8.96. The Labute approximate surface area is 106 Å². The summed E-state index contributed by atoms with van der Waals surface area (Å²) in [6, 6.07) is 0. The van der Waals surface area contributed by atoms with Crippen molar-refractivity contribution in [1.82, 2.24) is 0 Å². The largest absolute Gasteiger partial charge is 0.415 e. The van der Waals surface area contributed by atoms with Crippen LogP contribution in [0.15, 0.2) is 0 Å². The van der Waals surface area contributed by atoms with Crippen LogP contribution >= 0.6 is 0 Å². The van der Waals surface area contributed by atoms with E-state index in [1.54, 1.807) is 0 Å². The molecule has 0 aliphatic heterocycles. The van der Waals surface area contributed by atoms with Crippen molar-refractivity contribution >= 4 is 8.32 Å². The zero-order valence-electron chi connectivity index (χ0n) is 11.2. The molecule has 4 nitrogen and oxygen atoms in total. The van der Waals surface area contributed by atoms with Crippen LogP contribution in [-0.2, 0) is 18.6 Å². The molecule has 0 bridgehead atoms. The Bertz CT molecular complexity index is 208. The number of hydrogen-bond donors (Lipinski definition) is 0. The highest BCUT2D eigenvalue weighted by Crippen LogP contribution is 2.01. The molecule has 0 heterocycles. The van der Waals surface area contributed by atoms with Crippen molar-refractivity contribution in [3.05, 3.63) is 0 Å². The number of terminal acetylenes is 1. The smallest absolute Gasteiger partial charge is 0.183 e. The molecule has 0 amide bonds. The van der Waals surface area contributed by atoms with Gasteiger partial charge in [-0.1, -0.05) is 5.92 Å². The van der Waals surface area contributed by atoms with E-state index in [0.29, 0.717) is 46.2 Å². The van der Waals surface area contributed by atoms with Crippen LogP contribution in [0.2, 0.25) is 19.6 Å².